The van der Waals surface area contributed by atoms with E-state index in [1.807, 2.05) is 12.3 Å². The van der Waals surface area contributed by atoms with Crippen molar-refractivity contribution in [2.45, 2.75) is 45.2 Å². The largest absolute Gasteiger partial charge is 0.356 e. The van der Waals surface area contributed by atoms with Gasteiger partial charge in [0.25, 0.3) is 0 Å². The van der Waals surface area contributed by atoms with Gasteiger partial charge in [0, 0.05) is 38.4 Å². The molecule has 0 saturated carbocycles. The minimum absolute atomic E-state index is 0.423. The summed E-state index contributed by atoms with van der Waals surface area (Å²) in [6, 6.07) is 2.47. The molecule has 0 bridgehead atoms. The molecule has 1 aliphatic heterocycles. The van der Waals surface area contributed by atoms with Gasteiger partial charge in [-0.15, -0.1) is 0 Å². The number of rotatable bonds is 4. The first-order valence-electron chi connectivity index (χ1n) is 8.32. The van der Waals surface area contributed by atoms with E-state index in [9.17, 15) is 0 Å². The number of aromatic nitrogens is 5. The Kier molecular flexibility index (Phi) is 3.52. The molecule has 0 spiro atoms. The van der Waals surface area contributed by atoms with Crippen LogP contribution in [0.5, 0.6) is 0 Å². The predicted octanol–water partition coefficient (Wildman–Crippen LogP) is 2.56. The zero-order valence-corrected chi connectivity index (χ0v) is 13.7. The topological polar surface area (TPSA) is 62.6 Å². The van der Waals surface area contributed by atoms with Crippen molar-refractivity contribution in [3.63, 3.8) is 0 Å². The van der Waals surface area contributed by atoms with Gasteiger partial charge >= 0.3 is 0 Å². The van der Waals surface area contributed by atoms with Crippen LogP contribution in [-0.4, -0.2) is 37.6 Å². The maximum absolute atomic E-state index is 4.82. The number of aryl methyl sites for hydroxylation is 2. The second-order valence-corrected chi connectivity index (χ2v) is 6.29. The van der Waals surface area contributed by atoms with E-state index in [0.29, 0.717) is 6.04 Å². The molecule has 1 atom stereocenters. The highest BCUT2D eigenvalue weighted by molar-refractivity contribution is 5.87. The average Bonchev–Trinajstić information content (AvgIpc) is 3.19. The summed E-state index contributed by atoms with van der Waals surface area (Å²) in [5.74, 6) is 2.20. The second kappa shape index (κ2) is 5.68. The SMILES string of the molecule is CCCc1cn2c(n1)CC(N(C)c1ncnc3[nH]ccc13)CC2. The number of anilines is 1. The van der Waals surface area contributed by atoms with Crippen molar-refractivity contribution in [3.8, 4) is 0 Å². The van der Waals surface area contributed by atoms with Crippen molar-refractivity contribution in [2.75, 3.05) is 11.9 Å². The van der Waals surface area contributed by atoms with Crippen LogP contribution in [0.25, 0.3) is 11.0 Å². The van der Waals surface area contributed by atoms with Gasteiger partial charge in [-0.25, -0.2) is 15.0 Å². The zero-order chi connectivity index (χ0) is 15.8. The van der Waals surface area contributed by atoms with Gasteiger partial charge in [-0.2, -0.15) is 0 Å². The van der Waals surface area contributed by atoms with Gasteiger partial charge in [0.1, 0.15) is 23.6 Å². The van der Waals surface area contributed by atoms with Crippen LogP contribution < -0.4 is 4.90 Å². The average molecular weight is 310 g/mol. The predicted molar refractivity (Wildman–Crippen MR) is 90.6 cm³/mol. The van der Waals surface area contributed by atoms with Gasteiger partial charge in [-0.3, -0.25) is 0 Å². The molecule has 1 aliphatic rings. The quantitative estimate of drug-likeness (QED) is 0.804. The monoisotopic (exact) mass is 310 g/mol. The number of hydrogen-bond donors (Lipinski definition) is 1. The Morgan fingerprint density at radius 3 is 3.17 bits per heavy atom. The van der Waals surface area contributed by atoms with Crippen molar-refractivity contribution >= 4 is 16.9 Å². The maximum atomic E-state index is 4.82. The molecule has 3 aromatic heterocycles. The summed E-state index contributed by atoms with van der Waals surface area (Å²) in [5, 5.41) is 1.08. The van der Waals surface area contributed by atoms with E-state index in [0.717, 1.165) is 49.1 Å². The van der Waals surface area contributed by atoms with Crippen molar-refractivity contribution in [2.24, 2.45) is 0 Å². The molecule has 0 aromatic carbocycles. The first-order valence-corrected chi connectivity index (χ1v) is 8.32. The standard InChI is InChI=1S/C17H22N6/c1-3-4-12-10-23-8-6-13(9-15(23)21-12)22(2)17-14-5-7-18-16(14)19-11-20-17/h5,7,10-11,13H,3-4,6,8-9H2,1-2H3,(H,18,19,20). The van der Waals surface area contributed by atoms with Crippen LogP contribution in [0.15, 0.2) is 24.8 Å². The highest BCUT2D eigenvalue weighted by Crippen LogP contribution is 2.27. The lowest BCUT2D eigenvalue weighted by Crippen LogP contribution is -2.38. The Hall–Kier alpha value is -2.37. The van der Waals surface area contributed by atoms with Crippen LogP contribution in [0.1, 0.15) is 31.3 Å². The number of hydrogen-bond acceptors (Lipinski definition) is 4. The summed E-state index contributed by atoms with van der Waals surface area (Å²) in [5.41, 5.74) is 2.12. The summed E-state index contributed by atoms with van der Waals surface area (Å²) in [6.45, 7) is 3.23. The van der Waals surface area contributed by atoms with Gasteiger partial charge < -0.3 is 14.5 Å². The minimum Gasteiger partial charge on any atom is -0.356 e. The van der Waals surface area contributed by atoms with E-state index in [-0.39, 0.29) is 0 Å². The molecule has 6 heteroatoms. The highest BCUT2D eigenvalue weighted by Gasteiger charge is 2.25. The Labute approximate surface area is 135 Å². The summed E-state index contributed by atoms with van der Waals surface area (Å²) in [4.78, 5) is 19.1. The van der Waals surface area contributed by atoms with E-state index in [4.69, 9.17) is 4.98 Å². The Bertz CT molecular complexity index is 817. The molecule has 3 aromatic rings. The summed E-state index contributed by atoms with van der Waals surface area (Å²) in [6.07, 6.45) is 10.1. The number of aromatic amines is 1. The number of nitrogens with zero attached hydrogens (tertiary/aromatic N) is 5. The van der Waals surface area contributed by atoms with Crippen LogP contribution in [-0.2, 0) is 19.4 Å². The fraction of sp³-hybridized carbons (Fsp3) is 0.471. The van der Waals surface area contributed by atoms with Gasteiger partial charge in [-0.1, -0.05) is 13.3 Å². The van der Waals surface area contributed by atoms with Crippen LogP contribution in [0.2, 0.25) is 0 Å². The third-order valence-corrected chi connectivity index (χ3v) is 4.75. The lowest BCUT2D eigenvalue weighted by atomic mass is 10.0. The van der Waals surface area contributed by atoms with Crippen LogP contribution in [0.4, 0.5) is 5.82 Å². The third kappa shape index (κ3) is 2.48. The second-order valence-electron chi connectivity index (χ2n) is 6.29. The molecule has 6 nitrogen and oxygen atoms in total. The molecule has 0 fully saturated rings. The Morgan fingerprint density at radius 1 is 1.39 bits per heavy atom. The van der Waals surface area contributed by atoms with E-state index < -0.39 is 0 Å². The maximum Gasteiger partial charge on any atom is 0.142 e. The van der Waals surface area contributed by atoms with Gasteiger partial charge in [-0.05, 0) is 18.9 Å². The number of likely N-dealkylation sites (N-methyl/N-ethyl adjacent to an activating group) is 1. The molecule has 1 unspecified atom stereocenters. The summed E-state index contributed by atoms with van der Waals surface area (Å²) >= 11 is 0. The molecule has 4 heterocycles. The number of fused-ring (bicyclic) bond motifs is 2. The van der Waals surface area contributed by atoms with Gasteiger partial charge in [0.15, 0.2) is 0 Å². The fourth-order valence-corrected chi connectivity index (χ4v) is 3.49. The Balaban J connectivity index is 1.60. The number of imidazole rings is 1. The minimum atomic E-state index is 0.423. The van der Waals surface area contributed by atoms with E-state index in [1.54, 1.807) is 6.33 Å². The van der Waals surface area contributed by atoms with Crippen LogP contribution in [0.3, 0.4) is 0 Å². The summed E-state index contributed by atoms with van der Waals surface area (Å²) < 4.78 is 2.32. The van der Waals surface area contributed by atoms with E-state index in [1.165, 1.54) is 11.5 Å². The summed E-state index contributed by atoms with van der Waals surface area (Å²) in [7, 11) is 2.13. The molecule has 1 N–H and O–H groups in total. The molecular formula is C17H22N6. The first-order chi connectivity index (χ1) is 11.3. The molecular weight excluding hydrogens is 288 g/mol. The highest BCUT2D eigenvalue weighted by atomic mass is 15.2. The van der Waals surface area contributed by atoms with Crippen LogP contribution >= 0.6 is 0 Å². The first kappa shape index (κ1) is 14.2. The van der Waals surface area contributed by atoms with Crippen molar-refractivity contribution in [1.82, 2.24) is 24.5 Å². The van der Waals surface area contributed by atoms with E-state index in [2.05, 4.69) is 44.6 Å². The fourth-order valence-electron chi connectivity index (χ4n) is 3.49. The molecule has 23 heavy (non-hydrogen) atoms. The Morgan fingerprint density at radius 2 is 2.30 bits per heavy atom. The lowest BCUT2D eigenvalue weighted by molar-refractivity contribution is 0.448. The normalized spacial score (nSPS) is 17.4. The molecule has 0 radical (unpaired) electrons. The lowest BCUT2D eigenvalue weighted by Gasteiger charge is -2.32. The third-order valence-electron chi connectivity index (χ3n) is 4.75. The molecule has 0 saturated heterocycles. The van der Waals surface area contributed by atoms with E-state index >= 15 is 0 Å². The zero-order valence-electron chi connectivity index (χ0n) is 13.7. The number of nitrogens with one attached hydrogen (secondary N) is 1. The van der Waals surface area contributed by atoms with Gasteiger partial charge in [0.05, 0.1) is 11.1 Å². The van der Waals surface area contributed by atoms with Crippen LogP contribution in [0, 0.1) is 0 Å². The van der Waals surface area contributed by atoms with Gasteiger partial charge in [0.2, 0.25) is 0 Å². The number of H-pyrrole nitrogens is 1. The molecule has 0 amide bonds. The molecule has 120 valence electrons. The van der Waals surface area contributed by atoms with Crippen molar-refractivity contribution in [1.29, 1.82) is 0 Å². The molecule has 4 rings (SSSR count). The smallest absolute Gasteiger partial charge is 0.142 e. The van der Waals surface area contributed by atoms with Crippen molar-refractivity contribution in [3.05, 3.63) is 36.3 Å². The van der Waals surface area contributed by atoms with Crippen molar-refractivity contribution < 1.29 is 0 Å². The molecule has 0 aliphatic carbocycles.